The summed E-state index contributed by atoms with van der Waals surface area (Å²) < 4.78 is 22.3. The fourth-order valence-electron chi connectivity index (χ4n) is 4.00. The van der Waals surface area contributed by atoms with Gasteiger partial charge in [0.05, 0.1) is 29.3 Å². The zero-order chi connectivity index (χ0) is 26.7. The molecule has 2 amide bonds. The SMILES string of the molecule is CN=CC(=CN)c1cn2nccc2c(-c2ccc(CN3CCN(C(=O)OC(C)(C)C)CC3=O)c(F)c2)n1. The fraction of sp³-hybridized carbons (Fsp3) is 0.346. The lowest BCUT2D eigenvalue weighted by atomic mass is 10.1. The molecule has 11 heteroatoms. The van der Waals surface area contributed by atoms with Gasteiger partial charge in [0, 0.05) is 55.8 Å². The summed E-state index contributed by atoms with van der Waals surface area (Å²) in [5.41, 5.74) is 8.40. The predicted molar refractivity (Wildman–Crippen MR) is 138 cm³/mol. The number of benzene rings is 1. The molecule has 4 rings (SSSR count). The number of rotatable bonds is 5. The Balaban J connectivity index is 1.54. The van der Waals surface area contributed by atoms with Crippen molar-refractivity contribution in [3.8, 4) is 11.3 Å². The van der Waals surface area contributed by atoms with E-state index in [2.05, 4.69) is 10.1 Å². The Hall–Kier alpha value is -4.28. The van der Waals surface area contributed by atoms with Gasteiger partial charge in [-0.3, -0.25) is 14.7 Å². The van der Waals surface area contributed by atoms with Crippen molar-refractivity contribution in [1.29, 1.82) is 0 Å². The summed E-state index contributed by atoms with van der Waals surface area (Å²) in [5.74, 6) is -0.732. The number of hydrogen-bond acceptors (Lipinski definition) is 7. The van der Waals surface area contributed by atoms with Gasteiger partial charge in [-0.15, -0.1) is 0 Å². The van der Waals surface area contributed by atoms with Crippen molar-refractivity contribution in [3.63, 3.8) is 0 Å². The van der Waals surface area contributed by atoms with Gasteiger partial charge in [-0.2, -0.15) is 5.10 Å². The minimum Gasteiger partial charge on any atom is -0.444 e. The molecule has 3 heterocycles. The van der Waals surface area contributed by atoms with E-state index in [1.54, 1.807) is 69.1 Å². The molecule has 37 heavy (non-hydrogen) atoms. The number of aliphatic imine (C=N–C) groups is 1. The highest BCUT2D eigenvalue weighted by atomic mass is 19.1. The van der Waals surface area contributed by atoms with Gasteiger partial charge < -0.3 is 15.4 Å². The first-order valence-electron chi connectivity index (χ1n) is 11.8. The lowest BCUT2D eigenvalue weighted by molar-refractivity contribution is -0.136. The van der Waals surface area contributed by atoms with Crippen LogP contribution in [0.15, 0.2) is 47.9 Å². The molecular weight excluding hydrogens is 477 g/mol. The Bertz CT molecular complexity index is 1390. The third kappa shape index (κ3) is 5.76. The number of aromatic nitrogens is 3. The largest absolute Gasteiger partial charge is 0.444 e. The van der Waals surface area contributed by atoms with E-state index in [1.165, 1.54) is 22.1 Å². The zero-order valence-corrected chi connectivity index (χ0v) is 21.3. The standard InChI is InChI=1S/C26H30FN7O3/c1-26(2,3)37-25(36)33-10-9-32(23(35)16-33)14-18-6-5-17(11-20(18)27)24-22-7-8-30-34(22)15-21(31-24)19(12-28)13-29-4/h5-8,11-13,15H,9-10,14,16,28H2,1-4H3. The Morgan fingerprint density at radius 2 is 2.05 bits per heavy atom. The first-order chi connectivity index (χ1) is 17.6. The third-order valence-electron chi connectivity index (χ3n) is 5.79. The molecule has 1 fully saturated rings. The van der Waals surface area contributed by atoms with Crippen LogP contribution in [-0.2, 0) is 16.1 Å². The van der Waals surface area contributed by atoms with E-state index in [0.29, 0.717) is 40.1 Å². The number of piperazine rings is 1. The molecule has 0 atom stereocenters. The van der Waals surface area contributed by atoms with Crippen molar-refractivity contribution >= 4 is 29.3 Å². The molecule has 0 saturated carbocycles. The maximum Gasteiger partial charge on any atom is 0.410 e. The highest BCUT2D eigenvalue weighted by Gasteiger charge is 2.30. The van der Waals surface area contributed by atoms with Crippen LogP contribution in [0.2, 0.25) is 0 Å². The monoisotopic (exact) mass is 507 g/mol. The summed E-state index contributed by atoms with van der Waals surface area (Å²) in [4.78, 5) is 36.6. The molecule has 2 aromatic heterocycles. The number of carbonyl (C=O) groups excluding carboxylic acids is 2. The van der Waals surface area contributed by atoms with Gasteiger partial charge in [0.2, 0.25) is 5.91 Å². The van der Waals surface area contributed by atoms with Crippen LogP contribution in [0.4, 0.5) is 9.18 Å². The second-order valence-corrected chi connectivity index (χ2v) is 9.67. The average molecular weight is 508 g/mol. The number of hydrogen-bond donors (Lipinski definition) is 1. The summed E-state index contributed by atoms with van der Waals surface area (Å²) in [6.07, 6.45) is 5.82. The van der Waals surface area contributed by atoms with Crippen molar-refractivity contribution in [2.45, 2.75) is 32.9 Å². The van der Waals surface area contributed by atoms with E-state index in [1.807, 2.05) is 0 Å². The molecule has 0 bridgehead atoms. The number of nitrogens with zero attached hydrogens (tertiary/aromatic N) is 6. The van der Waals surface area contributed by atoms with Gasteiger partial charge in [-0.1, -0.05) is 12.1 Å². The molecule has 1 aromatic carbocycles. The topological polar surface area (TPSA) is 118 Å². The molecule has 1 saturated heterocycles. The number of fused-ring (bicyclic) bond motifs is 1. The second kappa shape index (κ2) is 10.4. The van der Waals surface area contributed by atoms with Crippen molar-refractivity contribution in [1.82, 2.24) is 24.4 Å². The van der Waals surface area contributed by atoms with Crippen LogP contribution in [0, 0.1) is 5.82 Å². The summed E-state index contributed by atoms with van der Waals surface area (Å²) >= 11 is 0. The number of amides is 2. The first-order valence-corrected chi connectivity index (χ1v) is 11.8. The minimum atomic E-state index is -0.648. The van der Waals surface area contributed by atoms with Crippen LogP contribution in [0.1, 0.15) is 32.0 Å². The van der Waals surface area contributed by atoms with Crippen molar-refractivity contribution in [3.05, 3.63) is 59.9 Å². The lowest BCUT2D eigenvalue weighted by Crippen LogP contribution is -2.52. The number of carbonyl (C=O) groups is 2. The number of nitrogens with two attached hydrogens (primary N) is 1. The van der Waals surface area contributed by atoms with Gasteiger partial charge in [0.25, 0.3) is 0 Å². The van der Waals surface area contributed by atoms with E-state index in [-0.39, 0.29) is 25.5 Å². The maximum absolute atomic E-state index is 15.3. The molecule has 1 aliphatic heterocycles. The predicted octanol–water partition coefficient (Wildman–Crippen LogP) is 3.11. The Labute approximate surface area is 214 Å². The number of halogens is 1. The normalized spacial score (nSPS) is 15.2. The molecule has 0 spiro atoms. The Morgan fingerprint density at radius 1 is 1.27 bits per heavy atom. The van der Waals surface area contributed by atoms with Crippen LogP contribution in [-0.4, -0.2) is 74.9 Å². The number of ether oxygens (including phenoxy) is 1. The van der Waals surface area contributed by atoms with Gasteiger partial charge in [0.15, 0.2) is 0 Å². The fourth-order valence-corrected chi connectivity index (χ4v) is 4.00. The van der Waals surface area contributed by atoms with E-state index < -0.39 is 17.5 Å². The average Bonchev–Trinajstić information content (AvgIpc) is 3.32. The highest BCUT2D eigenvalue weighted by molar-refractivity contribution is 6.09. The van der Waals surface area contributed by atoms with Crippen LogP contribution >= 0.6 is 0 Å². The molecular formula is C26H30FN7O3. The zero-order valence-electron chi connectivity index (χ0n) is 21.3. The summed E-state index contributed by atoms with van der Waals surface area (Å²) in [5, 5.41) is 4.30. The molecule has 0 unspecified atom stereocenters. The summed E-state index contributed by atoms with van der Waals surface area (Å²) in [6.45, 7) is 5.89. The number of allylic oxidation sites excluding steroid dienone is 1. The van der Waals surface area contributed by atoms with E-state index >= 15 is 4.39 Å². The van der Waals surface area contributed by atoms with E-state index in [9.17, 15) is 9.59 Å². The van der Waals surface area contributed by atoms with Crippen molar-refractivity contribution in [2.24, 2.45) is 10.7 Å². The second-order valence-electron chi connectivity index (χ2n) is 9.67. The van der Waals surface area contributed by atoms with Gasteiger partial charge >= 0.3 is 6.09 Å². The smallest absolute Gasteiger partial charge is 0.410 e. The van der Waals surface area contributed by atoms with E-state index in [0.717, 1.165) is 0 Å². The van der Waals surface area contributed by atoms with Crippen LogP contribution in [0.25, 0.3) is 22.3 Å². The Morgan fingerprint density at radius 3 is 2.70 bits per heavy atom. The molecule has 2 N–H and O–H groups in total. The van der Waals surface area contributed by atoms with Gasteiger partial charge in [0.1, 0.15) is 18.0 Å². The lowest BCUT2D eigenvalue weighted by Gasteiger charge is -2.35. The minimum absolute atomic E-state index is 0.0929. The molecule has 10 nitrogen and oxygen atoms in total. The third-order valence-corrected chi connectivity index (χ3v) is 5.79. The molecule has 194 valence electrons. The van der Waals surface area contributed by atoms with Crippen LogP contribution in [0.3, 0.4) is 0 Å². The molecule has 0 radical (unpaired) electrons. The van der Waals surface area contributed by atoms with E-state index in [4.69, 9.17) is 15.5 Å². The van der Waals surface area contributed by atoms with Crippen LogP contribution in [0.5, 0.6) is 0 Å². The first kappa shape index (κ1) is 25.8. The molecule has 0 aliphatic carbocycles. The highest BCUT2D eigenvalue weighted by Crippen LogP contribution is 2.27. The summed E-state index contributed by atoms with van der Waals surface area (Å²) in [6, 6.07) is 6.60. The molecule has 3 aromatic rings. The maximum atomic E-state index is 15.3. The van der Waals surface area contributed by atoms with Crippen LogP contribution < -0.4 is 5.73 Å². The summed E-state index contributed by atoms with van der Waals surface area (Å²) in [7, 11) is 1.63. The van der Waals surface area contributed by atoms with Gasteiger partial charge in [-0.25, -0.2) is 18.7 Å². The quantitative estimate of drug-likeness (QED) is 0.530. The van der Waals surface area contributed by atoms with Crippen molar-refractivity contribution < 1.29 is 18.7 Å². The molecule has 1 aliphatic rings. The van der Waals surface area contributed by atoms with Gasteiger partial charge in [-0.05, 0) is 32.9 Å². The Kier molecular flexibility index (Phi) is 7.23. The van der Waals surface area contributed by atoms with Crippen molar-refractivity contribution in [2.75, 3.05) is 26.7 Å².